The highest BCUT2D eigenvalue weighted by atomic mass is 16.4. The summed E-state index contributed by atoms with van der Waals surface area (Å²) in [5.74, 6) is 1.82. The Kier molecular flexibility index (Phi) is 4.05. The number of likely N-dealkylation sites (tertiary alicyclic amines) is 1. The maximum atomic E-state index is 12.2. The Morgan fingerprint density at radius 1 is 1.38 bits per heavy atom. The monoisotopic (exact) mass is 330 g/mol. The Balaban J connectivity index is 1.32. The van der Waals surface area contributed by atoms with E-state index in [4.69, 9.17) is 4.42 Å². The van der Waals surface area contributed by atoms with Gasteiger partial charge in [-0.05, 0) is 38.3 Å². The lowest BCUT2D eigenvalue weighted by Gasteiger charge is -2.32. The van der Waals surface area contributed by atoms with Crippen molar-refractivity contribution in [3.05, 3.63) is 29.7 Å². The molecule has 8 nitrogen and oxygen atoms in total. The molecule has 1 atom stereocenters. The smallest absolute Gasteiger partial charge is 0.272 e. The first-order chi connectivity index (χ1) is 11.7. The van der Waals surface area contributed by atoms with Crippen LogP contribution < -0.4 is 5.32 Å². The van der Waals surface area contributed by atoms with Crippen LogP contribution in [0.1, 0.15) is 53.9 Å². The average Bonchev–Trinajstić information content (AvgIpc) is 3.16. The molecule has 3 heterocycles. The van der Waals surface area contributed by atoms with E-state index in [-0.39, 0.29) is 11.9 Å². The summed E-state index contributed by atoms with van der Waals surface area (Å²) >= 11 is 0. The summed E-state index contributed by atoms with van der Waals surface area (Å²) < 4.78 is 7.37. The minimum Gasteiger partial charge on any atom is -0.424 e. The van der Waals surface area contributed by atoms with Gasteiger partial charge in [0.1, 0.15) is 5.69 Å². The van der Waals surface area contributed by atoms with Crippen LogP contribution in [0.25, 0.3) is 0 Å². The molecule has 1 aliphatic heterocycles. The van der Waals surface area contributed by atoms with Crippen LogP contribution in [-0.4, -0.2) is 49.9 Å². The molecule has 0 spiro atoms. The third-order valence-corrected chi connectivity index (χ3v) is 4.55. The minimum atomic E-state index is -0.115. The fourth-order valence-corrected chi connectivity index (χ4v) is 3.13. The van der Waals surface area contributed by atoms with Crippen LogP contribution in [0, 0.1) is 0 Å². The Morgan fingerprint density at radius 3 is 3.00 bits per heavy atom. The first-order valence-corrected chi connectivity index (χ1v) is 8.52. The van der Waals surface area contributed by atoms with Crippen molar-refractivity contribution >= 4 is 5.91 Å². The van der Waals surface area contributed by atoms with Gasteiger partial charge in [0.15, 0.2) is 0 Å². The van der Waals surface area contributed by atoms with Gasteiger partial charge in [-0.3, -0.25) is 14.4 Å². The first-order valence-electron chi connectivity index (χ1n) is 8.52. The Bertz CT molecular complexity index is 720. The number of nitrogens with zero attached hydrogens (tertiary/aromatic N) is 5. The van der Waals surface area contributed by atoms with E-state index < -0.39 is 0 Å². The number of carbonyl (C=O) groups excluding carboxylic acids is 1. The molecule has 2 fully saturated rings. The molecule has 1 unspecified atom stereocenters. The highest BCUT2D eigenvalue weighted by Gasteiger charge is 2.30. The van der Waals surface area contributed by atoms with Crippen LogP contribution in [0.4, 0.5) is 0 Å². The van der Waals surface area contributed by atoms with Gasteiger partial charge in [-0.2, -0.15) is 5.10 Å². The lowest BCUT2D eigenvalue weighted by molar-refractivity contribution is 0.0890. The second kappa shape index (κ2) is 6.35. The molecule has 0 bridgehead atoms. The van der Waals surface area contributed by atoms with E-state index in [2.05, 4.69) is 25.5 Å². The quantitative estimate of drug-likeness (QED) is 0.882. The Labute approximate surface area is 140 Å². The summed E-state index contributed by atoms with van der Waals surface area (Å²) in [7, 11) is 1.80. The number of hydrogen-bond acceptors (Lipinski definition) is 6. The van der Waals surface area contributed by atoms with Crippen molar-refractivity contribution in [2.24, 2.45) is 7.05 Å². The van der Waals surface area contributed by atoms with Gasteiger partial charge in [0.2, 0.25) is 11.8 Å². The third-order valence-electron chi connectivity index (χ3n) is 4.55. The van der Waals surface area contributed by atoms with Gasteiger partial charge in [-0.1, -0.05) is 0 Å². The molecule has 2 aliphatic rings. The van der Waals surface area contributed by atoms with Crippen LogP contribution in [0.2, 0.25) is 0 Å². The largest absolute Gasteiger partial charge is 0.424 e. The molecule has 128 valence electrons. The van der Waals surface area contributed by atoms with Crippen LogP contribution in [0.5, 0.6) is 0 Å². The van der Waals surface area contributed by atoms with Gasteiger partial charge in [-0.25, -0.2) is 0 Å². The molecule has 1 aliphatic carbocycles. The molecule has 1 amide bonds. The molecule has 4 rings (SSSR count). The van der Waals surface area contributed by atoms with Gasteiger partial charge in [0.05, 0.1) is 6.54 Å². The number of piperidine rings is 1. The van der Waals surface area contributed by atoms with Gasteiger partial charge >= 0.3 is 0 Å². The predicted octanol–water partition coefficient (Wildman–Crippen LogP) is 1.07. The van der Waals surface area contributed by atoms with Crippen molar-refractivity contribution in [3.8, 4) is 0 Å². The summed E-state index contributed by atoms with van der Waals surface area (Å²) in [6.07, 6.45) is 6.11. The fraction of sp³-hybridized carbons (Fsp3) is 0.625. The number of aryl methyl sites for hydroxylation is 1. The van der Waals surface area contributed by atoms with Crippen LogP contribution in [0.15, 0.2) is 16.7 Å². The van der Waals surface area contributed by atoms with E-state index >= 15 is 0 Å². The molecule has 2 aromatic rings. The predicted molar refractivity (Wildman–Crippen MR) is 85.2 cm³/mol. The lowest BCUT2D eigenvalue weighted by Crippen LogP contribution is -2.47. The molecule has 0 aromatic carbocycles. The number of carbonyl (C=O) groups is 1. The van der Waals surface area contributed by atoms with Crippen LogP contribution >= 0.6 is 0 Å². The van der Waals surface area contributed by atoms with Crippen LogP contribution in [0.3, 0.4) is 0 Å². The van der Waals surface area contributed by atoms with E-state index in [1.54, 1.807) is 24.0 Å². The van der Waals surface area contributed by atoms with Gasteiger partial charge in [0, 0.05) is 31.7 Å². The highest BCUT2D eigenvalue weighted by molar-refractivity contribution is 5.92. The van der Waals surface area contributed by atoms with E-state index in [1.807, 2.05) is 0 Å². The summed E-state index contributed by atoms with van der Waals surface area (Å²) in [5.41, 5.74) is 0.459. The SMILES string of the molecule is Cn1ccc(C(=O)NC2CCCN(Cc3nnc(C4CC4)o3)C2)n1. The normalized spacial score (nSPS) is 21.8. The average molecular weight is 330 g/mol. The summed E-state index contributed by atoms with van der Waals surface area (Å²) in [5, 5.41) is 15.5. The van der Waals surface area contributed by atoms with Crippen molar-refractivity contribution in [2.45, 2.75) is 44.2 Å². The molecule has 1 N–H and O–H groups in total. The molecular formula is C16H22N6O2. The molecular weight excluding hydrogens is 308 g/mol. The molecule has 1 saturated carbocycles. The number of aromatic nitrogens is 4. The van der Waals surface area contributed by atoms with E-state index in [9.17, 15) is 4.79 Å². The second-order valence-electron chi connectivity index (χ2n) is 6.73. The van der Waals surface area contributed by atoms with Crippen LogP contribution in [-0.2, 0) is 13.6 Å². The summed E-state index contributed by atoms with van der Waals surface area (Å²) in [4.78, 5) is 14.5. The molecule has 1 saturated heterocycles. The fourth-order valence-electron chi connectivity index (χ4n) is 3.13. The van der Waals surface area contributed by atoms with E-state index in [0.29, 0.717) is 24.0 Å². The zero-order valence-electron chi connectivity index (χ0n) is 13.8. The Morgan fingerprint density at radius 2 is 2.25 bits per heavy atom. The van der Waals surface area contributed by atoms with Crippen molar-refractivity contribution in [2.75, 3.05) is 13.1 Å². The van der Waals surface area contributed by atoms with Crippen molar-refractivity contribution < 1.29 is 9.21 Å². The van der Waals surface area contributed by atoms with E-state index in [0.717, 1.165) is 44.7 Å². The maximum Gasteiger partial charge on any atom is 0.272 e. The zero-order valence-corrected chi connectivity index (χ0v) is 13.8. The zero-order chi connectivity index (χ0) is 16.5. The molecule has 24 heavy (non-hydrogen) atoms. The van der Waals surface area contributed by atoms with Crippen molar-refractivity contribution in [1.82, 2.24) is 30.2 Å². The summed E-state index contributed by atoms with van der Waals surface area (Å²) in [6.45, 7) is 2.42. The highest BCUT2D eigenvalue weighted by Crippen LogP contribution is 2.39. The van der Waals surface area contributed by atoms with Gasteiger partial charge < -0.3 is 9.73 Å². The number of rotatable bonds is 5. The summed E-state index contributed by atoms with van der Waals surface area (Å²) in [6, 6.07) is 1.85. The Hall–Kier alpha value is -2.22. The first kappa shape index (κ1) is 15.3. The standard InChI is InChI=1S/C16H22N6O2/c1-21-8-6-13(20-21)15(23)17-12-3-2-7-22(9-12)10-14-18-19-16(24-14)11-4-5-11/h6,8,11-12H,2-5,7,9-10H2,1H3,(H,17,23). The maximum absolute atomic E-state index is 12.2. The molecule has 8 heteroatoms. The topological polar surface area (TPSA) is 89.1 Å². The number of hydrogen-bond donors (Lipinski definition) is 1. The third kappa shape index (κ3) is 3.48. The minimum absolute atomic E-state index is 0.115. The molecule has 2 aromatic heterocycles. The number of amides is 1. The second-order valence-corrected chi connectivity index (χ2v) is 6.73. The van der Waals surface area contributed by atoms with Gasteiger partial charge in [-0.15, -0.1) is 10.2 Å². The van der Waals surface area contributed by atoms with Crippen molar-refractivity contribution in [1.29, 1.82) is 0 Å². The molecule has 0 radical (unpaired) electrons. The lowest BCUT2D eigenvalue weighted by atomic mass is 10.1. The number of nitrogens with one attached hydrogen (secondary N) is 1. The van der Waals surface area contributed by atoms with Crippen molar-refractivity contribution in [3.63, 3.8) is 0 Å². The van der Waals surface area contributed by atoms with Gasteiger partial charge in [0.25, 0.3) is 5.91 Å². The van der Waals surface area contributed by atoms with E-state index in [1.165, 1.54) is 0 Å².